The molecule has 7 rings (SSSR count). The lowest BCUT2D eigenvalue weighted by molar-refractivity contribution is -0.404. The molecule has 0 spiro atoms. The summed E-state index contributed by atoms with van der Waals surface area (Å²) in [5, 5.41) is 266. The average molecular weight is 1450 g/mol. The number of hydrogen-bond acceptors (Lipinski definition) is 38. The Morgan fingerprint density at radius 3 is 1.24 bits per heavy atom. The lowest BCUT2D eigenvalue weighted by Crippen LogP contribution is -2.71. The monoisotopic (exact) mass is 1450 g/mol. The molecule has 0 bridgehead atoms. The molecule has 38 atom stereocenters. The number of aliphatic hydroxyl groups is 21. The number of hydrogen-bond donors (Lipinski definition) is 25. The van der Waals surface area contributed by atoms with Crippen molar-refractivity contribution in [1.29, 1.82) is 0 Å². The number of carbonyl (C=O) groups is 4. The van der Waals surface area contributed by atoms with E-state index in [1.54, 1.807) is 0 Å². The number of aliphatic hydroxyl groups excluding tert-OH is 21. The largest absolute Gasteiger partial charge is 0.477 e. The maximum Gasteiger partial charge on any atom is 0.364 e. The minimum atomic E-state index is -3.38. The van der Waals surface area contributed by atoms with Crippen LogP contribution >= 0.6 is 0 Å². The second-order valence-electron chi connectivity index (χ2n) is 26.0. The Kier molecular flexibility index (Phi) is 28.6. The molecular formula is C57H95NO41. The zero-order valence-corrected chi connectivity index (χ0v) is 54.0. The van der Waals surface area contributed by atoms with E-state index in [9.17, 15) is 142 Å². The number of carbonyl (C=O) groups excluding carboxylic acids is 1. The van der Waals surface area contributed by atoms with Gasteiger partial charge >= 0.3 is 17.9 Å². The van der Waals surface area contributed by atoms with Crippen molar-refractivity contribution < 1.29 is 203 Å². The Hall–Kier alpha value is -3.48. The third-order valence-electron chi connectivity index (χ3n) is 19.3. The Balaban J connectivity index is 1.23. The molecule has 0 aromatic carbocycles. The van der Waals surface area contributed by atoms with E-state index >= 15 is 0 Å². The van der Waals surface area contributed by atoms with E-state index in [4.69, 9.17) is 61.6 Å². The first kappa shape index (κ1) is 82.8. The van der Waals surface area contributed by atoms with E-state index < -0.39 is 320 Å². The van der Waals surface area contributed by atoms with Crippen LogP contribution in [0.3, 0.4) is 0 Å². The second kappa shape index (κ2) is 34.2. The third-order valence-corrected chi connectivity index (χ3v) is 19.3. The van der Waals surface area contributed by atoms with Crippen LogP contribution in [0.1, 0.15) is 53.9 Å². The highest BCUT2D eigenvalue weighted by Crippen LogP contribution is 2.45. The first-order valence-corrected chi connectivity index (χ1v) is 31.8. The molecule has 7 fully saturated rings. The summed E-state index contributed by atoms with van der Waals surface area (Å²) < 4.78 is 76.5. The molecule has 0 radical (unpaired) electrons. The maximum absolute atomic E-state index is 13.6. The molecule has 42 nitrogen and oxygen atoms in total. The van der Waals surface area contributed by atoms with Crippen LogP contribution in [0.4, 0.5) is 0 Å². The molecule has 0 aromatic heterocycles. The molecule has 574 valence electrons. The standard InChI is InChI=1S/C57H95NO41/c1-16-21(67)6-55(52(81)82,95-41(16)33(73)24(70)9-59)94-28(13-63)37(77)43-18(3)23(69)7-56(97-43,53(83)84)98-47-36(76)27(12-62)89-50(39(47)79)93-46-31(58-20(5)66)49(88-26(11-61)35(46)75)92-45-30(15-65)90-51(91-44-29(14-64)87-19(4)32(72)38(44)78)40(80)48(45)99-57(54(85)86)8-22(68)17(2)42(96-57)34(74)25(71)10-60/h16-19,21-51,59-65,67-80H,6-15H2,1-5H3,(H,58,66)(H,81,82)(H,83,84)(H,85,86)/t16-,17-,18-,19?,21?,22?,23?,24-,25-,26?,27?,28-,29?,30?,31?,32?,33-,34-,35+,36+,37-,38-,39?,40?,41-,42-,43-,44-,45+,46-,47+,48-,49+,50+,51+,55-,56+,57+/m1/s1. The zero-order valence-electron chi connectivity index (χ0n) is 54.0. The first-order valence-electron chi connectivity index (χ1n) is 31.8. The fourth-order valence-electron chi connectivity index (χ4n) is 13.3. The van der Waals surface area contributed by atoms with E-state index in [1.165, 1.54) is 27.7 Å². The molecule has 12 unspecified atom stereocenters. The van der Waals surface area contributed by atoms with Gasteiger partial charge in [-0.05, 0) is 6.92 Å². The van der Waals surface area contributed by atoms with Crippen molar-refractivity contribution in [2.24, 2.45) is 17.8 Å². The van der Waals surface area contributed by atoms with Crippen molar-refractivity contribution in [3.05, 3.63) is 0 Å². The Morgan fingerprint density at radius 1 is 0.434 bits per heavy atom. The molecule has 0 aromatic rings. The predicted molar refractivity (Wildman–Crippen MR) is 308 cm³/mol. The van der Waals surface area contributed by atoms with Gasteiger partial charge in [-0.15, -0.1) is 0 Å². The summed E-state index contributed by atoms with van der Waals surface area (Å²) in [5.74, 6) is -21.0. The Labute approximate surface area is 562 Å². The molecular weight excluding hydrogens is 1350 g/mol. The van der Waals surface area contributed by atoms with Crippen molar-refractivity contribution in [2.45, 2.75) is 267 Å². The van der Waals surface area contributed by atoms with Gasteiger partial charge in [0.05, 0.1) is 89.0 Å². The van der Waals surface area contributed by atoms with Gasteiger partial charge in [0.25, 0.3) is 17.4 Å². The van der Waals surface area contributed by atoms with Crippen LogP contribution in [0.5, 0.6) is 0 Å². The van der Waals surface area contributed by atoms with Crippen LogP contribution in [0.15, 0.2) is 0 Å². The van der Waals surface area contributed by atoms with Crippen LogP contribution in [0.2, 0.25) is 0 Å². The lowest BCUT2D eigenvalue weighted by Gasteiger charge is -2.53. The number of rotatable bonds is 29. The quantitative estimate of drug-likeness (QED) is 0.0331. The summed E-state index contributed by atoms with van der Waals surface area (Å²) in [6.07, 6.45) is -68.2. The van der Waals surface area contributed by atoms with E-state index in [0.29, 0.717) is 0 Å². The van der Waals surface area contributed by atoms with E-state index in [1.807, 2.05) is 0 Å². The molecule has 1 amide bonds. The van der Waals surface area contributed by atoms with Crippen LogP contribution in [0.25, 0.3) is 0 Å². The summed E-state index contributed by atoms with van der Waals surface area (Å²) in [4.78, 5) is 53.4. The van der Waals surface area contributed by atoms with Gasteiger partial charge in [0.2, 0.25) is 5.91 Å². The van der Waals surface area contributed by atoms with E-state index in [-0.39, 0.29) is 0 Å². The number of ether oxygens (including phenoxy) is 13. The van der Waals surface area contributed by atoms with Gasteiger partial charge in [-0.1, -0.05) is 20.8 Å². The SMILES string of the molecule is CC(=O)NC1[C@H](O[C@H]2C(CO)O[C@@H](O[C@@H]3C(CO)OC(C)C(O)[C@H]3O)C(O)[C@H]2O[C@]2(C(=O)O)CC(O)[C@@H](C)[C@H]([C@H](O)[C@H](O)CO)O2)OC(CO)[C@H](O)[C@@H]1O[C@@H]1OC(CO)[C@H](O)[C@H](O[C@]2(C(=O)O)CC(O)[C@@H](C)[C@H]([C@H](O)[C@@H](CO)O[C@]3(C(=O)O)CC(O)[C@@H](C)[C@H]([C@H](O)[C@H](O)CO)O3)O2)C1O. The van der Waals surface area contributed by atoms with Gasteiger partial charge in [0, 0.05) is 43.9 Å². The summed E-state index contributed by atoms with van der Waals surface area (Å²) in [6, 6.07) is -2.10. The molecule has 7 aliphatic rings. The minimum absolute atomic E-state index is 0.878. The van der Waals surface area contributed by atoms with Crippen molar-refractivity contribution >= 4 is 23.8 Å². The summed E-state index contributed by atoms with van der Waals surface area (Å²) in [5.41, 5.74) is 0. The molecule has 7 saturated heterocycles. The average Bonchev–Trinajstić information content (AvgIpc) is 0.757. The van der Waals surface area contributed by atoms with E-state index in [2.05, 4.69) is 5.32 Å². The van der Waals surface area contributed by atoms with Gasteiger partial charge in [0.1, 0.15) is 134 Å². The van der Waals surface area contributed by atoms with Crippen molar-refractivity contribution in [3.8, 4) is 0 Å². The van der Waals surface area contributed by atoms with Gasteiger partial charge in [-0.25, -0.2) is 14.4 Å². The predicted octanol–water partition coefficient (Wildman–Crippen LogP) is -13.6. The second-order valence-corrected chi connectivity index (χ2v) is 26.0. The van der Waals surface area contributed by atoms with Crippen molar-refractivity contribution in [1.82, 2.24) is 5.32 Å². The van der Waals surface area contributed by atoms with Crippen LogP contribution < -0.4 is 5.32 Å². The van der Waals surface area contributed by atoms with Gasteiger partial charge in [0.15, 0.2) is 18.9 Å². The fourth-order valence-corrected chi connectivity index (χ4v) is 13.3. The van der Waals surface area contributed by atoms with Crippen LogP contribution in [0, 0.1) is 17.8 Å². The maximum atomic E-state index is 13.6. The van der Waals surface area contributed by atoms with Crippen LogP contribution in [-0.2, 0) is 80.8 Å². The smallest absolute Gasteiger partial charge is 0.364 e. The Morgan fingerprint density at radius 2 is 0.808 bits per heavy atom. The number of amides is 1. The molecule has 7 heterocycles. The number of carboxylic acid groups (broad SMARTS) is 3. The van der Waals surface area contributed by atoms with Gasteiger partial charge in [-0.3, -0.25) is 4.79 Å². The molecule has 42 heteroatoms. The molecule has 25 N–H and O–H groups in total. The van der Waals surface area contributed by atoms with Crippen molar-refractivity contribution in [2.75, 3.05) is 46.2 Å². The molecule has 0 aliphatic carbocycles. The minimum Gasteiger partial charge on any atom is -0.477 e. The molecule has 7 aliphatic heterocycles. The fraction of sp³-hybridized carbons (Fsp3) is 0.930. The number of carboxylic acids is 3. The van der Waals surface area contributed by atoms with Crippen molar-refractivity contribution in [3.63, 3.8) is 0 Å². The first-order chi connectivity index (χ1) is 46.4. The van der Waals surface area contributed by atoms with Gasteiger partial charge in [-0.2, -0.15) is 0 Å². The highest BCUT2D eigenvalue weighted by atomic mass is 16.8. The topological polar surface area (TPSA) is 686 Å². The number of nitrogens with one attached hydrogen (secondary N) is 1. The number of aliphatic carboxylic acids is 3. The Bertz CT molecular complexity index is 2620. The summed E-state index contributed by atoms with van der Waals surface area (Å²) in [7, 11) is 0. The summed E-state index contributed by atoms with van der Waals surface area (Å²) in [6.45, 7) is -2.35. The van der Waals surface area contributed by atoms with Gasteiger partial charge < -0.3 is 189 Å². The third kappa shape index (κ3) is 17.1. The zero-order chi connectivity index (χ0) is 74.0. The molecule has 0 saturated carbocycles. The van der Waals surface area contributed by atoms with Crippen LogP contribution in [-0.4, -0.2) is 406 Å². The molecule has 99 heavy (non-hydrogen) atoms. The lowest BCUT2D eigenvalue weighted by atomic mass is 9.83. The summed E-state index contributed by atoms with van der Waals surface area (Å²) >= 11 is 0. The normalized spacial score (nSPS) is 46.5. The van der Waals surface area contributed by atoms with E-state index in [0.717, 1.165) is 6.92 Å². The highest BCUT2D eigenvalue weighted by Gasteiger charge is 2.64. The highest BCUT2D eigenvalue weighted by molar-refractivity contribution is 5.77.